The lowest BCUT2D eigenvalue weighted by molar-refractivity contribution is -0.114. The van der Waals surface area contributed by atoms with E-state index in [0.717, 1.165) is 6.29 Å². The third-order valence-corrected chi connectivity index (χ3v) is 1.64. The van der Waals surface area contributed by atoms with E-state index >= 15 is 0 Å². The highest BCUT2D eigenvalue weighted by molar-refractivity contribution is 5.57. The van der Waals surface area contributed by atoms with Gasteiger partial charge in [0, 0.05) is 13.7 Å². The predicted octanol–water partition coefficient (Wildman–Crippen LogP) is -0.811. The maximum atomic E-state index is 10.3. The van der Waals surface area contributed by atoms with Crippen LogP contribution < -0.4 is 5.32 Å². The van der Waals surface area contributed by atoms with Gasteiger partial charge in [0.05, 0.1) is 25.4 Å². The summed E-state index contributed by atoms with van der Waals surface area (Å²) in [7, 11) is 1.63. The maximum absolute atomic E-state index is 10.3. The number of methoxy groups -OCH3 is 1. The molecule has 4 heteroatoms. The first-order chi connectivity index (χ1) is 5.36. The van der Waals surface area contributed by atoms with Crippen LogP contribution in [0.3, 0.4) is 0 Å². The summed E-state index contributed by atoms with van der Waals surface area (Å²) in [6, 6.07) is -0.136. The Hall–Kier alpha value is -0.450. The van der Waals surface area contributed by atoms with Gasteiger partial charge in [-0.15, -0.1) is 0 Å². The molecule has 64 valence electrons. The van der Waals surface area contributed by atoms with Gasteiger partial charge in [0.25, 0.3) is 0 Å². The molecular weight excluding hydrogens is 146 g/mol. The number of morpholine rings is 1. The zero-order valence-electron chi connectivity index (χ0n) is 6.58. The topological polar surface area (TPSA) is 47.6 Å². The third kappa shape index (κ3) is 2.57. The number of carbonyl (C=O) groups is 1. The minimum absolute atomic E-state index is 0.0937. The van der Waals surface area contributed by atoms with E-state index in [4.69, 9.17) is 9.47 Å². The molecule has 0 aliphatic carbocycles. The molecule has 1 saturated heterocycles. The van der Waals surface area contributed by atoms with Crippen LogP contribution in [0.4, 0.5) is 0 Å². The molecule has 1 unspecified atom stereocenters. The summed E-state index contributed by atoms with van der Waals surface area (Å²) in [6.07, 6.45) is 0.958. The summed E-state index contributed by atoms with van der Waals surface area (Å²) in [6.45, 7) is 1.73. The smallest absolute Gasteiger partial charge is 0.139 e. The molecule has 0 aromatic rings. The van der Waals surface area contributed by atoms with Crippen molar-refractivity contribution in [3.63, 3.8) is 0 Å². The second-order valence-electron chi connectivity index (χ2n) is 2.56. The molecule has 1 heterocycles. The average molecular weight is 159 g/mol. The number of hydrogen-bond donors (Lipinski definition) is 1. The highest BCUT2D eigenvalue weighted by Crippen LogP contribution is 1.99. The fourth-order valence-corrected chi connectivity index (χ4v) is 1.02. The van der Waals surface area contributed by atoms with Crippen molar-refractivity contribution < 1.29 is 14.3 Å². The van der Waals surface area contributed by atoms with E-state index in [-0.39, 0.29) is 12.1 Å². The fourth-order valence-electron chi connectivity index (χ4n) is 1.02. The lowest BCUT2D eigenvalue weighted by atomic mass is 10.2. The second kappa shape index (κ2) is 4.43. The number of nitrogens with one attached hydrogen (secondary N) is 1. The molecule has 0 radical (unpaired) electrons. The molecule has 0 aromatic carbocycles. The van der Waals surface area contributed by atoms with Gasteiger partial charge in [-0.2, -0.15) is 0 Å². The van der Waals surface area contributed by atoms with E-state index in [2.05, 4.69) is 5.32 Å². The Kier molecular flexibility index (Phi) is 3.48. The van der Waals surface area contributed by atoms with Crippen LogP contribution in [0, 0.1) is 0 Å². The Balaban J connectivity index is 2.18. The van der Waals surface area contributed by atoms with Gasteiger partial charge in [-0.1, -0.05) is 0 Å². The summed E-state index contributed by atoms with van der Waals surface area (Å²) in [5.74, 6) is 0. The van der Waals surface area contributed by atoms with Crippen molar-refractivity contribution in [2.75, 3.05) is 26.9 Å². The zero-order valence-corrected chi connectivity index (χ0v) is 6.58. The molecule has 0 saturated carbocycles. The Labute approximate surface area is 65.9 Å². The van der Waals surface area contributed by atoms with Gasteiger partial charge < -0.3 is 19.6 Å². The van der Waals surface area contributed by atoms with E-state index in [1.54, 1.807) is 7.11 Å². The van der Waals surface area contributed by atoms with E-state index in [0.29, 0.717) is 19.8 Å². The predicted molar refractivity (Wildman–Crippen MR) is 39.5 cm³/mol. The van der Waals surface area contributed by atoms with Crippen LogP contribution in [0.15, 0.2) is 0 Å². The third-order valence-electron chi connectivity index (χ3n) is 1.64. The van der Waals surface area contributed by atoms with Crippen LogP contribution >= 0.6 is 0 Å². The van der Waals surface area contributed by atoms with Crippen molar-refractivity contribution in [1.82, 2.24) is 5.32 Å². The second-order valence-corrected chi connectivity index (χ2v) is 2.56. The average Bonchev–Trinajstić information content (AvgIpc) is 2.07. The van der Waals surface area contributed by atoms with Crippen molar-refractivity contribution in [1.29, 1.82) is 0 Å². The quantitative estimate of drug-likeness (QED) is 0.547. The molecule has 1 aliphatic rings. The molecule has 1 aliphatic heterocycles. The molecule has 1 rings (SSSR count). The minimum atomic E-state index is -0.136. The van der Waals surface area contributed by atoms with E-state index in [9.17, 15) is 4.79 Å². The largest absolute Gasteiger partial charge is 0.382 e. The number of carbonyl (C=O) groups excluding carboxylic acids is 1. The molecule has 2 atom stereocenters. The highest BCUT2D eigenvalue weighted by Gasteiger charge is 2.19. The molecule has 11 heavy (non-hydrogen) atoms. The van der Waals surface area contributed by atoms with Gasteiger partial charge in [-0.3, -0.25) is 0 Å². The normalized spacial score (nSPS) is 31.7. The monoisotopic (exact) mass is 159 g/mol. The van der Waals surface area contributed by atoms with E-state index in [1.807, 2.05) is 0 Å². The van der Waals surface area contributed by atoms with Crippen LogP contribution in [0.5, 0.6) is 0 Å². The Morgan fingerprint density at radius 1 is 1.82 bits per heavy atom. The summed E-state index contributed by atoms with van der Waals surface area (Å²) >= 11 is 0. The van der Waals surface area contributed by atoms with Crippen LogP contribution in [0.2, 0.25) is 0 Å². The summed E-state index contributed by atoms with van der Waals surface area (Å²) in [4.78, 5) is 10.3. The lowest BCUT2D eigenvalue weighted by Crippen LogP contribution is -2.48. The van der Waals surface area contributed by atoms with Crippen molar-refractivity contribution in [3.8, 4) is 0 Å². The van der Waals surface area contributed by atoms with Crippen LogP contribution in [0.25, 0.3) is 0 Å². The van der Waals surface area contributed by atoms with Crippen molar-refractivity contribution in [2.24, 2.45) is 0 Å². The van der Waals surface area contributed by atoms with Crippen molar-refractivity contribution in [2.45, 2.75) is 12.1 Å². The molecule has 0 aromatic heterocycles. The molecule has 1 fully saturated rings. The number of ether oxygens (including phenoxy) is 2. The van der Waals surface area contributed by atoms with Gasteiger partial charge in [0.1, 0.15) is 6.29 Å². The molecule has 0 bridgehead atoms. The number of hydrogen-bond acceptors (Lipinski definition) is 4. The van der Waals surface area contributed by atoms with Crippen LogP contribution in [-0.4, -0.2) is 45.3 Å². The molecule has 0 spiro atoms. The fraction of sp³-hybridized carbons (Fsp3) is 0.857. The highest BCUT2D eigenvalue weighted by atomic mass is 16.5. The van der Waals surface area contributed by atoms with Crippen molar-refractivity contribution >= 4 is 6.29 Å². The van der Waals surface area contributed by atoms with Gasteiger partial charge in [-0.05, 0) is 0 Å². The van der Waals surface area contributed by atoms with Gasteiger partial charge in [-0.25, -0.2) is 0 Å². The summed E-state index contributed by atoms with van der Waals surface area (Å²) in [5.41, 5.74) is 0. The first kappa shape index (κ1) is 8.64. The summed E-state index contributed by atoms with van der Waals surface area (Å²) in [5, 5.41) is 3.03. The molecular formula is C7H13NO3. The molecule has 4 nitrogen and oxygen atoms in total. The zero-order chi connectivity index (χ0) is 8.10. The van der Waals surface area contributed by atoms with E-state index < -0.39 is 0 Å². The Bertz CT molecular complexity index is 121. The standard InChI is InChI=1S/C7H13NO3/c1-10-5-7-2-8-6(3-9)4-11-7/h3,6-8H,2,4-5H2,1H3/t6?,7-/m0/s1. The SMILES string of the molecule is COC[C@@H]1CNC(C=O)CO1. The van der Waals surface area contributed by atoms with Crippen LogP contribution in [0.1, 0.15) is 0 Å². The van der Waals surface area contributed by atoms with Gasteiger partial charge >= 0.3 is 0 Å². The lowest BCUT2D eigenvalue weighted by Gasteiger charge is -2.26. The maximum Gasteiger partial charge on any atom is 0.139 e. The Morgan fingerprint density at radius 3 is 3.09 bits per heavy atom. The van der Waals surface area contributed by atoms with E-state index in [1.165, 1.54) is 0 Å². The number of aldehydes is 1. The first-order valence-electron chi connectivity index (χ1n) is 3.66. The first-order valence-corrected chi connectivity index (χ1v) is 3.66. The van der Waals surface area contributed by atoms with Crippen molar-refractivity contribution in [3.05, 3.63) is 0 Å². The number of rotatable bonds is 3. The summed E-state index contributed by atoms with van der Waals surface area (Å²) < 4.78 is 10.2. The van der Waals surface area contributed by atoms with Crippen LogP contribution in [-0.2, 0) is 14.3 Å². The minimum Gasteiger partial charge on any atom is -0.382 e. The molecule has 0 amide bonds. The van der Waals surface area contributed by atoms with Gasteiger partial charge in [0.15, 0.2) is 0 Å². The molecule has 1 N–H and O–H groups in total. The Morgan fingerprint density at radius 2 is 2.64 bits per heavy atom. The van der Waals surface area contributed by atoms with Gasteiger partial charge in [0.2, 0.25) is 0 Å².